The molecule has 1 aliphatic rings. The Balaban J connectivity index is 1.63. The van der Waals surface area contributed by atoms with Crippen molar-refractivity contribution in [3.63, 3.8) is 0 Å². The van der Waals surface area contributed by atoms with Gasteiger partial charge in [-0.05, 0) is 42.3 Å². The highest BCUT2D eigenvalue weighted by Crippen LogP contribution is 2.30. The van der Waals surface area contributed by atoms with E-state index in [1.165, 1.54) is 4.31 Å². The zero-order chi connectivity index (χ0) is 18.7. The summed E-state index contributed by atoms with van der Waals surface area (Å²) in [4.78, 5) is 4.03. The predicted octanol–water partition coefficient (Wildman–Crippen LogP) is 3.20. The van der Waals surface area contributed by atoms with Crippen LogP contribution >= 0.6 is 0 Å². The predicted molar refractivity (Wildman–Crippen MR) is 107 cm³/mol. The molecule has 0 aliphatic carbocycles. The zero-order valence-corrected chi connectivity index (χ0v) is 15.3. The van der Waals surface area contributed by atoms with Crippen molar-refractivity contribution in [3.05, 3.63) is 89.7 Å². The zero-order valence-electron chi connectivity index (χ0n) is 14.5. The minimum atomic E-state index is -3.73. The van der Waals surface area contributed by atoms with Crippen LogP contribution in [0.15, 0.2) is 73.1 Å². The molecular formula is C21H17N3O2S. The van der Waals surface area contributed by atoms with Gasteiger partial charge in [0, 0.05) is 30.1 Å². The number of aromatic nitrogens is 1. The first-order valence-corrected chi connectivity index (χ1v) is 9.97. The first-order chi connectivity index (χ1) is 13.1. The third kappa shape index (κ3) is 3.64. The van der Waals surface area contributed by atoms with Gasteiger partial charge >= 0.3 is 10.2 Å². The average molecular weight is 375 g/mol. The molecule has 4 rings (SSSR count). The summed E-state index contributed by atoms with van der Waals surface area (Å²) in [5.74, 6) is 6.04. The SMILES string of the molecule is O=S(=O)(Nc1ccccc1C#Cc1cccnc1)N1CCc2ccccc21. The van der Waals surface area contributed by atoms with Gasteiger partial charge in [0.2, 0.25) is 0 Å². The Morgan fingerprint density at radius 2 is 1.78 bits per heavy atom. The number of benzene rings is 2. The molecule has 27 heavy (non-hydrogen) atoms. The molecule has 1 aliphatic heterocycles. The Kier molecular flexibility index (Phi) is 4.53. The van der Waals surface area contributed by atoms with Crippen molar-refractivity contribution in [1.82, 2.24) is 4.98 Å². The number of anilines is 2. The Labute approximate surface area is 158 Å². The van der Waals surface area contributed by atoms with E-state index in [0.717, 1.165) is 16.8 Å². The maximum atomic E-state index is 12.9. The molecule has 134 valence electrons. The molecule has 0 bridgehead atoms. The highest BCUT2D eigenvalue weighted by atomic mass is 32.2. The second kappa shape index (κ2) is 7.14. The van der Waals surface area contributed by atoms with Crippen LogP contribution in [0.2, 0.25) is 0 Å². The van der Waals surface area contributed by atoms with E-state index in [0.29, 0.717) is 24.2 Å². The molecule has 0 spiro atoms. The number of fused-ring (bicyclic) bond motifs is 1. The molecule has 0 fully saturated rings. The van der Waals surface area contributed by atoms with Gasteiger partial charge in [-0.2, -0.15) is 8.42 Å². The first kappa shape index (κ1) is 17.1. The molecule has 3 aromatic rings. The van der Waals surface area contributed by atoms with Crippen LogP contribution in [0, 0.1) is 11.8 Å². The summed E-state index contributed by atoms with van der Waals surface area (Å²) < 4.78 is 30.0. The standard InChI is InChI=1S/C21H17N3O2S/c25-27(26,24-15-13-19-8-2-4-10-21(19)24)23-20-9-3-1-7-18(20)12-11-17-6-5-14-22-16-17/h1-10,14,16,23H,13,15H2. The lowest BCUT2D eigenvalue weighted by Gasteiger charge is -2.21. The Morgan fingerprint density at radius 1 is 0.963 bits per heavy atom. The van der Waals surface area contributed by atoms with E-state index >= 15 is 0 Å². The molecule has 0 saturated heterocycles. The average Bonchev–Trinajstić information content (AvgIpc) is 3.13. The van der Waals surface area contributed by atoms with Gasteiger partial charge in [0.1, 0.15) is 0 Å². The largest absolute Gasteiger partial charge is 0.324 e. The van der Waals surface area contributed by atoms with Crippen LogP contribution in [0.5, 0.6) is 0 Å². The van der Waals surface area contributed by atoms with Crippen LogP contribution in [0.3, 0.4) is 0 Å². The first-order valence-electron chi connectivity index (χ1n) is 8.53. The molecule has 6 heteroatoms. The van der Waals surface area contributed by atoms with Gasteiger partial charge in [-0.15, -0.1) is 0 Å². The van der Waals surface area contributed by atoms with Gasteiger partial charge in [0.05, 0.1) is 11.4 Å². The Morgan fingerprint density at radius 3 is 2.63 bits per heavy atom. The number of pyridine rings is 1. The lowest BCUT2D eigenvalue weighted by Crippen LogP contribution is -2.34. The second-order valence-corrected chi connectivity index (χ2v) is 7.69. The van der Waals surface area contributed by atoms with Crippen LogP contribution < -0.4 is 9.03 Å². The van der Waals surface area contributed by atoms with E-state index in [2.05, 4.69) is 21.5 Å². The number of nitrogens with one attached hydrogen (secondary N) is 1. The summed E-state index contributed by atoms with van der Waals surface area (Å²) in [6.45, 7) is 0.429. The maximum absolute atomic E-state index is 12.9. The fourth-order valence-electron chi connectivity index (χ4n) is 3.01. The third-order valence-electron chi connectivity index (χ3n) is 4.30. The minimum absolute atomic E-state index is 0.429. The molecule has 0 radical (unpaired) electrons. The quantitative estimate of drug-likeness (QED) is 0.715. The number of para-hydroxylation sites is 2. The van der Waals surface area contributed by atoms with Gasteiger partial charge < -0.3 is 0 Å². The van der Waals surface area contributed by atoms with Crippen molar-refractivity contribution >= 4 is 21.6 Å². The summed E-state index contributed by atoms with van der Waals surface area (Å²) in [7, 11) is -3.73. The van der Waals surface area contributed by atoms with E-state index in [9.17, 15) is 8.42 Å². The summed E-state index contributed by atoms with van der Waals surface area (Å²) in [6, 6.07) is 18.3. The van der Waals surface area contributed by atoms with Crippen LogP contribution in [0.25, 0.3) is 0 Å². The molecule has 1 aromatic heterocycles. The molecule has 5 nitrogen and oxygen atoms in total. The van der Waals surface area contributed by atoms with Crippen molar-refractivity contribution in [2.45, 2.75) is 6.42 Å². The van der Waals surface area contributed by atoms with E-state index in [4.69, 9.17) is 0 Å². The molecule has 0 saturated carbocycles. The monoisotopic (exact) mass is 375 g/mol. The highest BCUT2D eigenvalue weighted by Gasteiger charge is 2.29. The van der Waals surface area contributed by atoms with Crippen molar-refractivity contribution in [1.29, 1.82) is 0 Å². The van der Waals surface area contributed by atoms with E-state index < -0.39 is 10.2 Å². The Bertz CT molecular complexity index is 1130. The maximum Gasteiger partial charge on any atom is 0.324 e. The molecule has 1 N–H and O–H groups in total. The van der Waals surface area contributed by atoms with Gasteiger partial charge in [0.15, 0.2) is 0 Å². The van der Waals surface area contributed by atoms with Crippen molar-refractivity contribution < 1.29 is 8.42 Å². The van der Waals surface area contributed by atoms with Crippen molar-refractivity contribution in [2.24, 2.45) is 0 Å². The van der Waals surface area contributed by atoms with Crippen LogP contribution in [0.1, 0.15) is 16.7 Å². The highest BCUT2D eigenvalue weighted by molar-refractivity contribution is 7.94. The van der Waals surface area contributed by atoms with Crippen molar-refractivity contribution in [3.8, 4) is 11.8 Å². The van der Waals surface area contributed by atoms with Gasteiger partial charge in [-0.25, -0.2) is 0 Å². The number of nitrogens with zero attached hydrogens (tertiary/aromatic N) is 2. The normalized spacial score (nSPS) is 12.8. The fraction of sp³-hybridized carbons (Fsp3) is 0.0952. The molecule has 0 unspecified atom stereocenters. The second-order valence-electron chi connectivity index (χ2n) is 6.10. The van der Waals surface area contributed by atoms with Crippen LogP contribution in [-0.4, -0.2) is 19.9 Å². The number of rotatable bonds is 3. The lowest BCUT2D eigenvalue weighted by atomic mass is 10.2. The van der Waals surface area contributed by atoms with Gasteiger partial charge in [-0.3, -0.25) is 14.0 Å². The topological polar surface area (TPSA) is 62.3 Å². The lowest BCUT2D eigenvalue weighted by molar-refractivity contribution is 0.597. The van der Waals surface area contributed by atoms with Crippen LogP contribution in [0.4, 0.5) is 11.4 Å². The molecule has 2 heterocycles. The van der Waals surface area contributed by atoms with Gasteiger partial charge in [0.25, 0.3) is 0 Å². The summed E-state index contributed by atoms with van der Waals surface area (Å²) in [5.41, 5.74) is 3.59. The molecule has 0 amide bonds. The Hall–Kier alpha value is -3.30. The molecule has 2 aromatic carbocycles. The smallest absolute Gasteiger partial charge is 0.265 e. The molecular weight excluding hydrogens is 358 g/mol. The fourth-order valence-corrected chi connectivity index (χ4v) is 4.34. The summed E-state index contributed by atoms with van der Waals surface area (Å²) in [6.07, 6.45) is 4.06. The van der Waals surface area contributed by atoms with Gasteiger partial charge in [-0.1, -0.05) is 42.2 Å². The summed E-state index contributed by atoms with van der Waals surface area (Å²) in [5, 5.41) is 0. The number of hydrogen-bond acceptors (Lipinski definition) is 3. The third-order valence-corrected chi connectivity index (χ3v) is 5.74. The number of hydrogen-bond donors (Lipinski definition) is 1. The van der Waals surface area contributed by atoms with E-state index in [1.807, 2.05) is 42.5 Å². The van der Waals surface area contributed by atoms with Crippen LogP contribution in [-0.2, 0) is 16.6 Å². The summed E-state index contributed by atoms with van der Waals surface area (Å²) >= 11 is 0. The van der Waals surface area contributed by atoms with Crippen molar-refractivity contribution in [2.75, 3.05) is 15.6 Å². The van der Waals surface area contributed by atoms with E-state index in [-0.39, 0.29) is 0 Å². The van der Waals surface area contributed by atoms with E-state index in [1.54, 1.807) is 30.6 Å². The minimum Gasteiger partial charge on any atom is -0.265 e. The molecule has 0 atom stereocenters.